The fourth-order valence-electron chi connectivity index (χ4n) is 2.26. The number of hydrogen-bond acceptors (Lipinski definition) is 3. The van der Waals surface area contributed by atoms with Gasteiger partial charge in [0.05, 0.1) is 6.33 Å². The van der Waals surface area contributed by atoms with Crippen LogP contribution in [0.2, 0.25) is 0 Å². The largest absolute Gasteiger partial charge is 0.367 e. The highest BCUT2D eigenvalue weighted by Gasteiger charge is 2.21. The lowest BCUT2D eigenvalue weighted by Gasteiger charge is -2.20. The van der Waals surface area contributed by atoms with Gasteiger partial charge in [0.25, 0.3) is 5.56 Å². The van der Waals surface area contributed by atoms with Crippen LogP contribution < -0.4 is 10.9 Å². The van der Waals surface area contributed by atoms with Crippen LogP contribution >= 0.6 is 0 Å². The molecule has 0 spiro atoms. The first kappa shape index (κ1) is 10.2. The Kier molecular flexibility index (Phi) is 3.04. The summed E-state index contributed by atoms with van der Waals surface area (Å²) in [5.74, 6) is 1.41. The van der Waals surface area contributed by atoms with Crippen molar-refractivity contribution < 1.29 is 0 Å². The van der Waals surface area contributed by atoms with Crippen LogP contribution in [-0.4, -0.2) is 16.0 Å². The fraction of sp³-hybridized carbons (Fsp3) is 0.636. The summed E-state index contributed by atoms with van der Waals surface area (Å²) in [5.41, 5.74) is -0.105. The van der Waals surface area contributed by atoms with Gasteiger partial charge in [0.1, 0.15) is 5.82 Å². The minimum absolute atomic E-state index is 0.105. The first-order valence-corrected chi connectivity index (χ1v) is 5.57. The molecule has 2 N–H and O–H groups in total. The van der Waals surface area contributed by atoms with Crippen LogP contribution in [0.3, 0.4) is 0 Å². The van der Waals surface area contributed by atoms with Crippen LogP contribution in [0.15, 0.2) is 17.2 Å². The van der Waals surface area contributed by atoms with Gasteiger partial charge in [-0.3, -0.25) is 4.79 Å². The molecule has 0 aromatic carbocycles. The lowest BCUT2D eigenvalue weighted by atomic mass is 10.00. The molecular weight excluding hydrogens is 190 g/mol. The molecule has 0 radical (unpaired) electrons. The molecule has 1 aromatic rings. The van der Waals surface area contributed by atoms with E-state index in [1.807, 2.05) is 0 Å². The molecule has 1 aliphatic rings. The molecule has 1 heterocycles. The zero-order valence-corrected chi connectivity index (χ0v) is 8.99. The molecule has 0 amide bonds. The Labute approximate surface area is 89.1 Å². The average molecular weight is 207 g/mol. The SMILES string of the molecule is CC(Nc1cc(=O)[nH]cn1)C1CCCC1. The number of anilines is 1. The van der Waals surface area contributed by atoms with E-state index in [-0.39, 0.29) is 5.56 Å². The van der Waals surface area contributed by atoms with E-state index >= 15 is 0 Å². The Bertz CT molecular complexity index is 368. The van der Waals surface area contributed by atoms with E-state index in [0.29, 0.717) is 11.9 Å². The summed E-state index contributed by atoms with van der Waals surface area (Å²) in [6.07, 6.45) is 6.68. The van der Waals surface area contributed by atoms with Crippen molar-refractivity contribution in [1.29, 1.82) is 0 Å². The second kappa shape index (κ2) is 4.47. The predicted molar refractivity (Wildman–Crippen MR) is 59.9 cm³/mol. The molecule has 1 unspecified atom stereocenters. The summed E-state index contributed by atoms with van der Waals surface area (Å²) >= 11 is 0. The lowest BCUT2D eigenvalue weighted by Crippen LogP contribution is -2.25. The summed E-state index contributed by atoms with van der Waals surface area (Å²) in [7, 11) is 0. The molecule has 2 rings (SSSR count). The Morgan fingerprint density at radius 2 is 2.27 bits per heavy atom. The molecule has 0 saturated heterocycles. The minimum atomic E-state index is -0.105. The molecule has 4 heteroatoms. The van der Waals surface area contributed by atoms with Gasteiger partial charge in [0.15, 0.2) is 0 Å². The number of H-pyrrole nitrogens is 1. The topological polar surface area (TPSA) is 57.8 Å². The van der Waals surface area contributed by atoms with E-state index in [4.69, 9.17) is 0 Å². The summed E-state index contributed by atoms with van der Waals surface area (Å²) in [6, 6.07) is 1.91. The third-order valence-corrected chi connectivity index (χ3v) is 3.16. The second-order valence-corrected chi connectivity index (χ2v) is 4.27. The molecule has 1 aromatic heterocycles. The van der Waals surface area contributed by atoms with Gasteiger partial charge in [-0.15, -0.1) is 0 Å². The van der Waals surface area contributed by atoms with E-state index in [0.717, 1.165) is 5.92 Å². The summed E-state index contributed by atoms with van der Waals surface area (Å²) in [6.45, 7) is 2.17. The lowest BCUT2D eigenvalue weighted by molar-refractivity contribution is 0.481. The monoisotopic (exact) mass is 207 g/mol. The van der Waals surface area contributed by atoms with E-state index < -0.39 is 0 Å². The summed E-state index contributed by atoms with van der Waals surface area (Å²) < 4.78 is 0. The zero-order valence-electron chi connectivity index (χ0n) is 8.99. The maximum atomic E-state index is 11.1. The van der Waals surface area contributed by atoms with Gasteiger partial charge in [-0.05, 0) is 25.7 Å². The molecule has 82 valence electrons. The Morgan fingerprint density at radius 3 is 2.93 bits per heavy atom. The van der Waals surface area contributed by atoms with Crippen LogP contribution in [-0.2, 0) is 0 Å². The Morgan fingerprint density at radius 1 is 1.53 bits per heavy atom. The molecular formula is C11H17N3O. The maximum Gasteiger partial charge on any atom is 0.252 e. The predicted octanol–water partition coefficient (Wildman–Crippen LogP) is 1.76. The van der Waals surface area contributed by atoms with E-state index in [1.54, 1.807) is 0 Å². The Hall–Kier alpha value is -1.32. The third-order valence-electron chi connectivity index (χ3n) is 3.16. The van der Waals surface area contributed by atoms with Gasteiger partial charge < -0.3 is 10.3 Å². The average Bonchev–Trinajstić information content (AvgIpc) is 2.70. The standard InChI is InChI=1S/C11H17N3O/c1-8(9-4-2-3-5-9)14-10-6-11(15)13-7-12-10/h6-9H,2-5H2,1H3,(H2,12,13,14,15). The first-order valence-electron chi connectivity index (χ1n) is 5.57. The number of nitrogens with one attached hydrogen (secondary N) is 2. The van der Waals surface area contributed by atoms with Gasteiger partial charge in [-0.1, -0.05) is 12.8 Å². The number of aromatic nitrogens is 2. The molecule has 0 bridgehead atoms. The van der Waals surface area contributed by atoms with Crippen LogP contribution in [0.25, 0.3) is 0 Å². The quantitative estimate of drug-likeness (QED) is 0.794. The number of nitrogens with zero attached hydrogens (tertiary/aromatic N) is 1. The normalized spacial score (nSPS) is 19.0. The van der Waals surface area contributed by atoms with Crippen molar-refractivity contribution in [1.82, 2.24) is 9.97 Å². The molecule has 1 saturated carbocycles. The van der Waals surface area contributed by atoms with Crippen LogP contribution in [0.5, 0.6) is 0 Å². The molecule has 1 aliphatic carbocycles. The highest BCUT2D eigenvalue weighted by molar-refractivity contribution is 5.33. The van der Waals surface area contributed by atoms with Gasteiger partial charge in [0.2, 0.25) is 0 Å². The third kappa shape index (κ3) is 2.58. The molecule has 1 atom stereocenters. The molecule has 1 fully saturated rings. The maximum absolute atomic E-state index is 11.1. The number of hydrogen-bond donors (Lipinski definition) is 2. The van der Waals surface area contributed by atoms with Gasteiger partial charge in [-0.25, -0.2) is 4.98 Å². The number of rotatable bonds is 3. The van der Waals surface area contributed by atoms with Crippen molar-refractivity contribution in [2.45, 2.75) is 38.6 Å². The van der Waals surface area contributed by atoms with Crippen molar-refractivity contribution in [3.8, 4) is 0 Å². The van der Waals surface area contributed by atoms with Crippen molar-refractivity contribution in [3.63, 3.8) is 0 Å². The van der Waals surface area contributed by atoms with E-state index in [9.17, 15) is 4.79 Å². The van der Waals surface area contributed by atoms with Gasteiger partial charge >= 0.3 is 0 Å². The van der Waals surface area contributed by atoms with Crippen molar-refractivity contribution in [3.05, 3.63) is 22.7 Å². The molecule has 4 nitrogen and oxygen atoms in total. The smallest absolute Gasteiger partial charge is 0.252 e. The van der Waals surface area contributed by atoms with Crippen molar-refractivity contribution >= 4 is 5.82 Å². The highest BCUT2D eigenvalue weighted by atomic mass is 16.1. The first-order chi connectivity index (χ1) is 7.25. The highest BCUT2D eigenvalue weighted by Crippen LogP contribution is 2.28. The van der Waals surface area contributed by atoms with Crippen LogP contribution in [0.4, 0.5) is 5.82 Å². The molecule has 15 heavy (non-hydrogen) atoms. The summed E-state index contributed by atoms with van der Waals surface area (Å²) in [4.78, 5) is 17.6. The van der Waals surface area contributed by atoms with Crippen molar-refractivity contribution in [2.75, 3.05) is 5.32 Å². The van der Waals surface area contributed by atoms with E-state index in [2.05, 4.69) is 22.2 Å². The second-order valence-electron chi connectivity index (χ2n) is 4.27. The van der Waals surface area contributed by atoms with Crippen LogP contribution in [0, 0.1) is 5.92 Å². The fourth-order valence-corrected chi connectivity index (χ4v) is 2.26. The minimum Gasteiger partial charge on any atom is -0.367 e. The summed E-state index contributed by atoms with van der Waals surface area (Å²) in [5, 5.41) is 3.29. The Balaban J connectivity index is 1.98. The van der Waals surface area contributed by atoms with E-state index in [1.165, 1.54) is 38.1 Å². The number of aromatic amines is 1. The molecule has 0 aliphatic heterocycles. The van der Waals surface area contributed by atoms with Crippen molar-refractivity contribution in [2.24, 2.45) is 5.92 Å². The van der Waals surface area contributed by atoms with Crippen LogP contribution in [0.1, 0.15) is 32.6 Å². The van der Waals surface area contributed by atoms with Gasteiger partial charge in [-0.2, -0.15) is 0 Å². The van der Waals surface area contributed by atoms with Gasteiger partial charge in [0, 0.05) is 12.1 Å². The zero-order chi connectivity index (χ0) is 10.7.